The summed E-state index contributed by atoms with van der Waals surface area (Å²) in [6, 6.07) is 3.44. The Hall–Kier alpha value is -2.20. The van der Waals surface area contributed by atoms with E-state index >= 15 is 0 Å². The van der Waals surface area contributed by atoms with Crippen LogP contribution in [-0.2, 0) is 0 Å². The van der Waals surface area contributed by atoms with E-state index in [4.69, 9.17) is 15.9 Å². The largest absolute Gasteiger partial charge is 0.307 e. The molecular formula is C9H8N4. The summed E-state index contributed by atoms with van der Waals surface area (Å²) in [4.78, 5) is 3.77. The van der Waals surface area contributed by atoms with Gasteiger partial charge in [-0.25, -0.2) is 4.99 Å². The number of nitrogens with zero attached hydrogens (tertiary/aromatic N) is 3. The van der Waals surface area contributed by atoms with E-state index in [1.165, 1.54) is 0 Å². The molecule has 0 rings (SSSR count). The molecule has 0 aromatic carbocycles. The van der Waals surface area contributed by atoms with Gasteiger partial charge in [-0.1, -0.05) is 6.08 Å². The lowest BCUT2D eigenvalue weighted by Gasteiger charge is -1.92. The molecule has 0 aliphatic heterocycles. The second kappa shape index (κ2) is 6.51. The van der Waals surface area contributed by atoms with Crippen molar-refractivity contribution in [3.8, 4) is 12.1 Å². The Morgan fingerprint density at radius 2 is 2.23 bits per heavy atom. The molecule has 1 N–H and O–H groups in total. The highest BCUT2D eigenvalue weighted by atomic mass is 14.8. The van der Waals surface area contributed by atoms with Crippen molar-refractivity contribution in [1.82, 2.24) is 0 Å². The molecular weight excluding hydrogens is 164 g/mol. The summed E-state index contributed by atoms with van der Waals surface area (Å²) in [6.07, 6.45) is 4.05. The monoisotopic (exact) mass is 172 g/mol. The van der Waals surface area contributed by atoms with Crippen LogP contribution in [0.3, 0.4) is 0 Å². The minimum absolute atomic E-state index is 0.00264. The van der Waals surface area contributed by atoms with Crippen LogP contribution in [0.4, 0.5) is 0 Å². The molecule has 4 heteroatoms. The van der Waals surface area contributed by atoms with Crippen molar-refractivity contribution < 1.29 is 0 Å². The third-order valence-corrected chi connectivity index (χ3v) is 1.10. The van der Waals surface area contributed by atoms with Gasteiger partial charge in [-0.3, -0.25) is 0 Å². The maximum atomic E-state index is 8.49. The molecule has 0 atom stereocenters. The van der Waals surface area contributed by atoms with E-state index < -0.39 is 0 Å². The van der Waals surface area contributed by atoms with E-state index in [1.807, 2.05) is 0 Å². The Bertz CT molecular complexity index is 336. The zero-order valence-corrected chi connectivity index (χ0v) is 6.99. The number of nitriles is 2. The second-order valence-corrected chi connectivity index (χ2v) is 2.01. The number of aliphatic imine (C=N–C) groups is 1. The highest BCUT2D eigenvalue weighted by Crippen LogP contribution is 1.96. The Kier molecular flexibility index (Phi) is 5.41. The first-order valence-corrected chi connectivity index (χ1v) is 3.47. The summed E-state index contributed by atoms with van der Waals surface area (Å²) in [5.74, 6) is 0. The van der Waals surface area contributed by atoms with Crippen LogP contribution in [0.1, 0.15) is 6.42 Å². The summed E-state index contributed by atoms with van der Waals surface area (Å²) in [5, 5.41) is 23.7. The van der Waals surface area contributed by atoms with E-state index in [2.05, 4.69) is 11.6 Å². The SMILES string of the molecule is C=CC/C(C=N)=N/C(C#N)=C/C#N. The third-order valence-electron chi connectivity index (χ3n) is 1.10. The molecule has 0 aliphatic carbocycles. The maximum absolute atomic E-state index is 8.49. The Morgan fingerprint density at radius 3 is 2.62 bits per heavy atom. The van der Waals surface area contributed by atoms with Crippen molar-refractivity contribution in [3.05, 3.63) is 24.4 Å². The van der Waals surface area contributed by atoms with Gasteiger partial charge in [-0.2, -0.15) is 10.5 Å². The molecule has 0 aromatic heterocycles. The van der Waals surface area contributed by atoms with Crippen LogP contribution in [0.5, 0.6) is 0 Å². The summed E-state index contributed by atoms with van der Waals surface area (Å²) >= 11 is 0. The van der Waals surface area contributed by atoms with Crippen LogP contribution < -0.4 is 0 Å². The molecule has 64 valence electrons. The summed E-state index contributed by atoms with van der Waals surface area (Å²) in [6.45, 7) is 3.48. The van der Waals surface area contributed by atoms with Crippen LogP contribution in [0.25, 0.3) is 0 Å². The normalized spacial score (nSPS) is 11.2. The highest BCUT2D eigenvalue weighted by molar-refractivity contribution is 6.30. The average molecular weight is 172 g/mol. The summed E-state index contributed by atoms with van der Waals surface area (Å²) < 4.78 is 0. The van der Waals surface area contributed by atoms with Crippen LogP contribution in [0.15, 0.2) is 29.4 Å². The first kappa shape index (κ1) is 10.8. The molecule has 13 heavy (non-hydrogen) atoms. The smallest absolute Gasteiger partial charge is 0.151 e. The van der Waals surface area contributed by atoms with E-state index in [0.29, 0.717) is 12.1 Å². The van der Waals surface area contributed by atoms with Crippen molar-refractivity contribution >= 4 is 11.9 Å². The molecule has 0 heterocycles. The van der Waals surface area contributed by atoms with Crippen molar-refractivity contribution in [3.63, 3.8) is 0 Å². The lowest BCUT2D eigenvalue weighted by molar-refractivity contribution is 1.34. The zero-order valence-electron chi connectivity index (χ0n) is 6.99. The fourth-order valence-corrected chi connectivity index (χ4v) is 0.590. The molecule has 0 unspecified atom stereocenters. The van der Waals surface area contributed by atoms with Gasteiger partial charge < -0.3 is 5.41 Å². The topological polar surface area (TPSA) is 83.8 Å². The lowest BCUT2D eigenvalue weighted by Crippen LogP contribution is -1.97. The number of allylic oxidation sites excluding steroid dienone is 3. The quantitative estimate of drug-likeness (QED) is 0.396. The minimum atomic E-state index is 0.00264. The minimum Gasteiger partial charge on any atom is -0.307 e. The van der Waals surface area contributed by atoms with Gasteiger partial charge in [-0.15, -0.1) is 6.58 Å². The molecule has 0 radical (unpaired) electrons. The van der Waals surface area contributed by atoms with E-state index in [1.54, 1.807) is 18.2 Å². The maximum Gasteiger partial charge on any atom is 0.151 e. The van der Waals surface area contributed by atoms with Gasteiger partial charge in [0.2, 0.25) is 0 Å². The van der Waals surface area contributed by atoms with Gasteiger partial charge in [0.05, 0.1) is 17.9 Å². The van der Waals surface area contributed by atoms with Gasteiger partial charge in [-0.05, 0) is 0 Å². The summed E-state index contributed by atoms with van der Waals surface area (Å²) in [5.41, 5.74) is 0.404. The molecule has 0 aliphatic rings. The second-order valence-electron chi connectivity index (χ2n) is 2.01. The third kappa shape index (κ3) is 4.28. The number of hydrogen-bond donors (Lipinski definition) is 1. The lowest BCUT2D eigenvalue weighted by atomic mass is 10.3. The first-order chi connectivity index (χ1) is 6.28. The van der Waals surface area contributed by atoms with Gasteiger partial charge >= 0.3 is 0 Å². The van der Waals surface area contributed by atoms with Crippen LogP contribution in [0.2, 0.25) is 0 Å². The first-order valence-electron chi connectivity index (χ1n) is 3.47. The molecule has 0 amide bonds. The number of rotatable bonds is 4. The number of hydrogen-bond acceptors (Lipinski definition) is 4. The fourth-order valence-electron chi connectivity index (χ4n) is 0.590. The molecule has 0 bridgehead atoms. The van der Waals surface area contributed by atoms with Crippen molar-refractivity contribution in [2.45, 2.75) is 6.42 Å². The molecule has 0 saturated heterocycles. The van der Waals surface area contributed by atoms with Crippen LogP contribution in [0, 0.1) is 28.1 Å². The van der Waals surface area contributed by atoms with E-state index in [9.17, 15) is 0 Å². The van der Waals surface area contributed by atoms with E-state index in [0.717, 1.165) is 12.3 Å². The van der Waals surface area contributed by atoms with Crippen molar-refractivity contribution in [1.29, 1.82) is 15.9 Å². The predicted octanol–water partition coefficient (Wildman–Crippen LogP) is 1.58. The van der Waals surface area contributed by atoms with E-state index in [-0.39, 0.29) is 5.70 Å². The van der Waals surface area contributed by atoms with Gasteiger partial charge in [0.15, 0.2) is 5.70 Å². The predicted molar refractivity (Wildman–Crippen MR) is 50.3 cm³/mol. The molecule has 4 nitrogen and oxygen atoms in total. The molecule has 0 aromatic rings. The Labute approximate surface area is 76.6 Å². The molecule has 0 spiro atoms. The van der Waals surface area contributed by atoms with Gasteiger partial charge in [0.25, 0.3) is 0 Å². The molecule has 0 fully saturated rings. The fraction of sp³-hybridized carbons (Fsp3) is 0.111. The van der Waals surface area contributed by atoms with Crippen LogP contribution >= 0.6 is 0 Å². The van der Waals surface area contributed by atoms with Crippen molar-refractivity contribution in [2.75, 3.05) is 0 Å². The Balaban J connectivity index is 4.78. The van der Waals surface area contributed by atoms with Gasteiger partial charge in [0.1, 0.15) is 6.07 Å². The van der Waals surface area contributed by atoms with Crippen LogP contribution in [-0.4, -0.2) is 11.9 Å². The van der Waals surface area contributed by atoms with Crippen molar-refractivity contribution in [2.24, 2.45) is 4.99 Å². The molecule has 0 saturated carbocycles. The number of nitrogens with one attached hydrogen (secondary N) is 1. The van der Waals surface area contributed by atoms with Gasteiger partial charge in [0, 0.05) is 12.6 Å². The zero-order chi connectivity index (χ0) is 10.1. The standard InChI is InChI=1S/C9H8N4/c1-2-3-8(6-11)13-9(7-12)4-5-10/h2,4,6,11H,1,3H2/b9-4+,11-6?,13-8-. The Morgan fingerprint density at radius 1 is 1.54 bits per heavy atom. The average Bonchev–Trinajstić information content (AvgIpc) is 2.16. The summed E-state index contributed by atoms with van der Waals surface area (Å²) in [7, 11) is 0. The highest BCUT2D eigenvalue weighted by Gasteiger charge is 1.94.